The van der Waals surface area contributed by atoms with E-state index < -0.39 is 0 Å². The van der Waals surface area contributed by atoms with Crippen LogP contribution in [0.3, 0.4) is 0 Å². The highest BCUT2D eigenvalue weighted by Gasteiger charge is 2.32. The van der Waals surface area contributed by atoms with E-state index in [0.29, 0.717) is 24.5 Å². The smallest absolute Gasteiger partial charge is 0.326 e. The van der Waals surface area contributed by atoms with Crippen molar-refractivity contribution >= 4 is 23.3 Å². The van der Waals surface area contributed by atoms with Gasteiger partial charge in [0.2, 0.25) is 5.91 Å². The van der Waals surface area contributed by atoms with Crippen LogP contribution in [0.2, 0.25) is 0 Å². The molecule has 0 aromatic heterocycles. The Morgan fingerprint density at radius 2 is 1.81 bits per heavy atom. The van der Waals surface area contributed by atoms with Crippen LogP contribution in [0.1, 0.15) is 50.7 Å². The second kappa shape index (κ2) is 9.86. The molecular weight excluding hydrogens is 390 g/mol. The molecule has 0 bridgehead atoms. The zero-order valence-corrected chi connectivity index (χ0v) is 19.1. The highest BCUT2D eigenvalue weighted by molar-refractivity contribution is 6.03. The van der Waals surface area contributed by atoms with Gasteiger partial charge in [-0.05, 0) is 55.0 Å². The Morgan fingerprint density at radius 1 is 1.13 bits per heavy atom. The molecule has 1 fully saturated rings. The van der Waals surface area contributed by atoms with Crippen LogP contribution < -0.4 is 15.0 Å². The van der Waals surface area contributed by atoms with E-state index in [4.69, 9.17) is 4.74 Å². The number of likely N-dealkylation sites (tertiary alicyclic amines) is 1. The maximum absolute atomic E-state index is 13.6. The van der Waals surface area contributed by atoms with Crippen molar-refractivity contribution in [3.05, 3.63) is 53.6 Å². The van der Waals surface area contributed by atoms with Gasteiger partial charge < -0.3 is 15.0 Å². The van der Waals surface area contributed by atoms with Gasteiger partial charge in [0.15, 0.2) is 0 Å². The summed E-state index contributed by atoms with van der Waals surface area (Å²) in [5.41, 5.74) is 3.75. The number of anilines is 2. The Kier molecular flexibility index (Phi) is 7.21. The van der Waals surface area contributed by atoms with Gasteiger partial charge in [-0.25, -0.2) is 4.79 Å². The average molecular weight is 424 g/mol. The molecule has 0 saturated carbocycles. The first-order valence-corrected chi connectivity index (χ1v) is 10.9. The van der Waals surface area contributed by atoms with Gasteiger partial charge in [0.1, 0.15) is 5.75 Å². The van der Waals surface area contributed by atoms with Crippen LogP contribution in [0.25, 0.3) is 0 Å². The number of aryl methyl sites for hydroxylation is 1. The fraction of sp³-hybridized carbons (Fsp3) is 0.440. The fourth-order valence-corrected chi connectivity index (χ4v) is 4.18. The summed E-state index contributed by atoms with van der Waals surface area (Å²) in [6.45, 7) is 9.17. The number of nitrogens with zero attached hydrogens (tertiary/aromatic N) is 2. The first kappa shape index (κ1) is 22.7. The lowest BCUT2D eigenvalue weighted by atomic mass is 9.97. The van der Waals surface area contributed by atoms with Crippen LogP contribution in [0.4, 0.5) is 16.2 Å². The standard InChI is InChI=1S/C25H33N3O3/c1-17(2)21-8-6-7-9-23(21)28(20-12-14-27(15-13-20)19(4)29)25(30)26-22-11-10-18(3)16-24(22)31-5/h6-11,16-17,20H,12-15H2,1-5H3,(H,26,30). The third-order valence-electron chi connectivity index (χ3n) is 5.91. The molecule has 3 rings (SSSR count). The molecule has 0 radical (unpaired) electrons. The van der Waals surface area contributed by atoms with E-state index in [-0.39, 0.29) is 23.9 Å². The van der Waals surface area contributed by atoms with Crippen LogP contribution >= 0.6 is 0 Å². The van der Waals surface area contributed by atoms with Crippen molar-refractivity contribution in [2.45, 2.75) is 52.5 Å². The summed E-state index contributed by atoms with van der Waals surface area (Å²) >= 11 is 0. The van der Waals surface area contributed by atoms with Gasteiger partial charge in [-0.3, -0.25) is 9.69 Å². The van der Waals surface area contributed by atoms with Crippen molar-refractivity contribution in [3.8, 4) is 5.75 Å². The van der Waals surface area contributed by atoms with Crippen molar-refractivity contribution in [2.24, 2.45) is 0 Å². The molecule has 31 heavy (non-hydrogen) atoms. The molecule has 1 heterocycles. The number of amides is 3. The number of urea groups is 1. The second-order valence-electron chi connectivity index (χ2n) is 8.45. The molecule has 1 saturated heterocycles. The number of nitrogens with one attached hydrogen (secondary N) is 1. The van der Waals surface area contributed by atoms with Gasteiger partial charge in [0.25, 0.3) is 0 Å². The first-order chi connectivity index (χ1) is 14.8. The zero-order valence-electron chi connectivity index (χ0n) is 19.1. The minimum atomic E-state index is -0.184. The molecule has 0 atom stereocenters. The lowest BCUT2D eigenvalue weighted by Crippen LogP contribution is -2.50. The highest BCUT2D eigenvalue weighted by Crippen LogP contribution is 2.33. The Morgan fingerprint density at radius 3 is 2.42 bits per heavy atom. The number of benzene rings is 2. The quantitative estimate of drug-likeness (QED) is 0.721. The number of para-hydroxylation sites is 1. The largest absolute Gasteiger partial charge is 0.495 e. The number of rotatable bonds is 5. The van der Waals surface area contributed by atoms with E-state index in [0.717, 1.165) is 29.7 Å². The summed E-state index contributed by atoms with van der Waals surface area (Å²) in [5.74, 6) is 0.996. The summed E-state index contributed by atoms with van der Waals surface area (Å²) in [6.07, 6.45) is 1.48. The molecule has 6 nitrogen and oxygen atoms in total. The van der Waals surface area contributed by atoms with Gasteiger partial charge in [-0.15, -0.1) is 0 Å². The summed E-state index contributed by atoms with van der Waals surface area (Å²) in [7, 11) is 1.60. The molecule has 0 unspecified atom stereocenters. The van der Waals surface area contributed by atoms with Crippen molar-refractivity contribution in [1.29, 1.82) is 0 Å². The minimum absolute atomic E-state index is 0.00643. The number of ether oxygens (including phenoxy) is 1. The van der Waals surface area contributed by atoms with E-state index in [1.165, 1.54) is 0 Å². The Labute approximate surface area is 185 Å². The lowest BCUT2D eigenvalue weighted by Gasteiger charge is -2.39. The maximum Gasteiger partial charge on any atom is 0.326 e. The van der Waals surface area contributed by atoms with Gasteiger partial charge in [-0.2, -0.15) is 0 Å². The molecule has 166 valence electrons. The lowest BCUT2D eigenvalue weighted by molar-refractivity contribution is -0.129. The maximum atomic E-state index is 13.6. The summed E-state index contributed by atoms with van der Waals surface area (Å²) < 4.78 is 5.48. The topological polar surface area (TPSA) is 61.9 Å². The molecule has 0 aliphatic carbocycles. The summed E-state index contributed by atoms with van der Waals surface area (Å²) in [5, 5.41) is 3.07. The predicted octanol–water partition coefficient (Wildman–Crippen LogP) is 5.18. The van der Waals surface area contributed by atoms with Crippen LogP contribution in [-0.2, 0) is 4.79 Å². The number of carbonyl (C=O) groups excluding carboxylic acids is 2. The summed E-state index contributed by atoms with van der Waals surface area (Å²) in [4.78, 5) is 29.1. The Bertz CT molecular complexity index is 933. The van der Waals surface area contributed by atoms with E-state index >= 15 is 0 Å². The van der Waals surface area contributed by atoms with Gasteiger partial charge in [0.05, 0.1) is 12.8 Å². The third kappa shape index (κ3) is 5.19. The van der Waals surface area contributed by atoms with Crippen molar-refractivity contribution in [2.75, 3.05) is 30.4 Å². The second-order valence-corrected chi connectivity index (χ2v) is 8.45. The number of hydrogen-bond donors (Lipinski definition) is 1. The minimum Gasteiger partial charge on any atom is -0.495 e. The molecule has 6 heteroatoms. The molecule has 0 spiro atoms. The zero-order chi connectivity index (χ0) is 22.5. The molecule has 1 aliphatic heterocycles. The fourth-order valence-electron chi connectivity index (χ4n) is 4.18. The summed E-state index contributed by atoms with van der Waals surface area (Å²) in [6, 6.07) is 13.6. The number of hydrogen-bond acceptors (Lipinski definition) is 3. The molecule has 3 amide bonds. The van der Waals surface area contributed by atoms with Crippen molar-refractivity contribution < 1.29 is 14.3 Å². The molecular formula is C25H33N3O3. The molecule has 2 aromatic carbocycles. The van der Waals surface area contributed by atoms with E-state index in [2.05, 4.69) is 25.2 Å². The van der Waals surface area contributed by atoms with Gasteiger partial charge in [0, 0.05) is 31.7 Å². The predicted molar refractivity (Wildman–Crippen MR) is 125 cm³/mol. The van der Waals surface area contributed by atoms with E-state index in [1.54, 1.807) is 14.0 Å². The molecule has 2 aromatic rings. The third-order valence-corrected chi connectivity index (χ3v) is 5.91. The van der Waals surface area contributed by atoms with E-state index in [1.807, 2.05) is 53.1 Å². The van der Waals surface area contributed by atoms with Gasteiger partial charge >= 0.3 is 6.03 Å². The van der Waals surface area contributed by atoms with Crippen LogP contribution in [0, 0.1) is 6.92 Å². The SMILES string of the molecule is COc1cc(C)ccc1NC(=O)N(c1ccccc1C(C)C)C1CCN(C(C)=O)CC1. The van der Waals surface area contributed by atoms with Gasteiger partial charge in [-0.1, -0.05) is 38.1 Å². The molecule has 1 aliphatic rings. The average Bonchev–Trinajstić information content (AvgIpc) is 2.75. The van der Waals surface area contributed by atoms with Crippen LogP contribution in [0.5, 0.6) is 5.75 Å². The Balaban J connectivity index is 1.95. The Hall–Kier alpha value is -3.02. The number of carbonyl (C=O) groups is 2. The van der Waals surface area contributed by atoms with Crippen molar-refractivity contribution in [3.63, 3.8) is 0 Å². The monoisotopic (exact) mass is 423 g/mol. The van der Waals surface area contributed by atoms with Crippen molar-refractivity contribution in [1.82, 2.24) is 4.90 Å². The normalized spacial score (nSPS) is 14.5. The highest BCUT2D eigenvalue weighted by atomic mass is 16.5. The number of piperidine rings is 1. The molecule has 1 N–H and O–H groups in total. The number of methoxy groups -OCH3 is 1. The van der Waals surface area contributed by atoms with Crippen LogP contribution in [0.15, 0.2) is 42.5 Å². The van der Waals surface area contributed by atoms with Crippen LogP contribution in [-0.4, -0.2) is 43.1 Å². The van der Waals surface area contributed by atoms with E-state index in [9.17, 15) is 9.59 Å². The first-order valence-electron chi connectivity index (χ1n) is 10.9.